The summed E-state index contributed by atoms with van der Waals surface area (Å²) in [6.07, 6.45) is 2.20. The van der Waals surface area contributed by atoms with Crippen LogP contribution >= 0.6 is 0 Å². The SMILES string of the molecule is CC(=O)Nc1cccc(C(=O)O[C@H](C)C(=O)N2[C@H](C)CCC[C@H]2C)c1. The van der Waals surface area contributed by atoms with Crippen LogP contribution in [0.5, 0.6) is 0 Å². The number of hydrogen-bond acceptors (Lipinski definition) is 4. The standard InChI is InChI=1S/C19H26N2O4/c1-12-7-5-8-13(2)21(12)18(23)14(3)25-19(24)16-9-6-10-17(11-16)20-15(4)22/h6,9-14H,5,7-8H2,1-4H3,(H,20,22)/t12-,13-,14-/m1/s1. The molecule has 1 aliphatic heterocycles. The molecule has 1 aliphatic rings. The Kier molecular flexibility index (Phi) is 6.17. The van der Waals surface area contributed by atoms with Crippen LogP contribution in [-0.2, 0) is 14.3 Å². The second-order valence-electron chi connectivity index (χ2n) is 6.68. The first kappa shape index (κ1) is 19.0. The van der Waals surface area contributed by atoms with Gasteiger partial charge in [-0.05, 0) is 58.2 Å². The average Bonchev–Trinajstić information content (AvgIpc) is 2.54. The fourth-order valence-corrected chi connectivity index (χ4v) is 3.27. The molecule has 1 saturated heterocycles. The molecule has 0 saturated carbocycles. The number of nitrogens with zero attached hydrogens (tertiary/aromatic N) is 1. The molecule has 1 fully saturated rings. The summed E-state index contributed by atoms with van der Waals surface area (Å²) in [4.78, 5) is 38.0. The van der Waals surface area contributed by atoms with Crippen LogP contribution in [0.3, 0.4) is 0 Å². The van der Waals surface area contributed by atoms with Gasteiger partial charge < -0.3 is 15.0 Å². The zero-order chi connectivity index (χ0) is 18.6. The molecule has 1 aromatic carbocycles. The first-order chi connectivity index (χ1) is 11.8. The number of piperidine rings is 1. The van der Waals surface area contributed by atoms with Crippen molar-refractivity contribution in [2.24, 2.45) is 0 Å². The summed E-state index contributed by atoms with van der Waals surface area (Å²) < 4.78 is 5.37. The molecule has 0 unspecified atom stereocenters. The Morgan fingerprint density at radius 1 is 1.20 bits per heavy atom. The molecule has 1 aromatic rings. The monoisotopic (exact) mass is 346 g/mol. The highest BCUT2D eigenvalue weighted by atomic mass is 16.5. The normalized spacial score (nSPS) is 21.4. The highest BCUT2D eigenvalue weighted by molar-refractivity contribution is 5.95. The van der Waals surface area contributed by atoms with Crippen molar-refractivity contribution in [3.05, 3.63) is 29.8 Å². The fourth-order valence-electron chi connectivity index (χ4n) is 3.27. The summed E-state index contributed by atoms with van der Waals surface area (Å²) in [6, 6.07) is 6.78. The quantitative estimate of drug-likeness (QED) is 0.851. The zero-order valence-electron chi connectivity index (χ0n) is 15.2. The molecule has 2 amide bonds. The lowest BCUT2D eigenvalue weighted by Gasteiger charge is -2.40. The number of benzene rings is 1. The molecule has 0 spiro atoms. The second kappa shape index (κ2) is 8.14. The van der Waals surface area contributed by atoms with Gasteiger partial charge in [-0.3, -0.25) is 9.59 Å². The Labute approximate surface area is 148 Å². The molecule has 3 atom stereocenters. The molecule has 136 valence electrons. The van der Waals surface area contributed by atoms with Crippen molar-refractivity contribution in [1.29, 1.82) is 0 Å². The minimum absolute atomic E-state index is 0.153. The number of carbonyl (C=O) groups excluding carboxylic acids is 3. The largest absolute Gasteiger partial charge is 0.449 e. The van der Waals surface area contributed by atoms with Crippen molar-refractivity contribution >= 4 is 23.5 Å². The molecular formula is C19H26N2O4. The van der Waals surface area contributed by atoms with E-state index in [1.807, 2.05) is 18.7 Å². The van der Waals surface area contributed by atoms with Gasteiger partial charge in [0, 0.05) is 24.7 Å². The Morgan fingerprint density at radius 3 is 2.44 bits per heavy atom. The maximum atomic E-state index is 12.7. The number of nitrogens with one attached hydrogen (secondary N) is 1. The third-order valence-corrected chi connectivity index (χ3v) is 4.50. The van der Waals surface area contributed by atoms with Crippen LogP contribution < -0.4 is 5.32 Å². The van der Waals surface area contributed by atoms with E-state index >= 15 is 0 Å². The topological polar surface area (TPSA) is 75.7 Å². The third-order valence-electron chi connectivity index (χ3n) is 4.50. The van der Waals surface area contributed by atoms with E-state index in [9.17, 15) is 14.4 Å². The summed E-state index contributed by atoms with van der Waals surface area (Å²) in [7, 11) is 0. The van der Waals surface area contributed by atoms with Gasteiger partial charge in [0.25, 0.3) is 5.91 Å². The van der Waals surface area contributed by atoms with Gasteiger partial charge in [-0.1, -0.05) is 6.07 Å². The maximum Gasteiger partial charge on any atom is 0.338 e. The highest BCUT2D eigenvalue weighted by Crippen LogP contribution is 2.24. The van der Waals surface area contributed by atoms with Crippen LogP contribution in [0.15, 0.2) is 24.3 Å². The molecule has 0 radical (unpaired) electrons. The molecule has 6 nitrogen and oxygen atoms in total. The zero-order valence-corrected chi connectivity index (χ0v) is 15.2. The Bertz CT molecular complexity index is 649. The van der Waals surface area contributed by atoms with Gasteiger partial charge in [0.2, 0.25) is 5.91 Å². The van der Waals surface area contributed by atoms with Crippen LogP contribution in [0.25, 0.3) is 0 Å². The average molecular weight is 346 g/mol. The van der Waals surface area contributed by atoms with Gasteiger partial charge in [0.15, 0.2) is 6.10 Å². The van der Waals surface area contributed by atoms with Crippen LogP contribution in [0.4, 0.5) is 5.69 Å². The van der Waals surface area contributed by atoms with Crippen molar-refractivity contribution in [2.45, 2.75) is 65.1 Å². The summed E-state index contributed by atoms with van der Waals surface area (Å²) in [5, 5.41) is 2.62. The van der Waals surface area contributed by atoms with Crippen LogP contribution in [0, 0.1) is 0 Å². The van der Waals surface area contributed by atoms with E-state index in [2.05, 4.69) is 5.32 Å². The van der Waals surface area contributed by atoms with Gasteiger partial charge in [0.1, 0.15) is 0 Å². The lowest BCUT2D eigenvalue weighted by atomic mass is 9.97. The second-order valence-corrected chi connectivity index (χ2v) is 6.68. The number of rotatable bonds is 4. The molecular weight excluding hydrogens is 320 g/mol. The van der Waals surface area contributed by atoms with E-state index in [0.717, 1.165) is 19.3 Å². The van der Waals surface area contributed by atoms with E-state index in [-0.39, 0.29) is 23.9 Å². The number of hydrogen-bond donors (Lipinski definition) is 1. The van der Waals surface area contributed by atoms with E-state index in [1.165, 1.54) is 13.0 Å². The van der Waals surface area contributed by atoms with Gasteiger partial charge >= 0.3 is 5.97 Å². The summed E-state index contributed by atoms with van der Waals surface area (Å²) in [6.45, 7) is 7.05. The molecule has 6 heteroatoms. The van der Waals surface area contributed by atoms with Crippen molar-refractivity contribution in [2.75, 3.05) is 5.32 Å². The number of amides is 2. The van der Waals surface area contributed by atoms with E-state index < -0.39 is 12.1 Å². The summed E-state index contributed by atoms with van der Waals surface area (Å²) in [5.74, 6) is -0.960. The lowest BCUT2D eigenvalue weighted by molar-refractivity contribution is -0.146. The van der Waals surface area contributed by atoms with Crippen molar-refractivity contribution in [3.8, 4) is 0 Å². The third kappa shape index (κ3) is 4.81. The van der Waals surface area contributed by atoms with E-state index in [4.69, 9.17) is 4.74 Å². The lowest BCUT2D eigenvalue weighted by Crippen LogP contribution is -2.51. The van der Waals surface area contributed by atoms with Gasteiger partial charge in [-0.15, -0.1) is 0 Å². The van der Waals surface area contributed by atoms with Crippen molar-refractivity contribution in [3.63, 3.8) is 0 Å². The molecule has 0 bridgehead atoms. The van der Waals surface area contributed by atoms with Crippen molar-refractivity contribution < 1.29 is 19.1 Å². The van der Waals surface area contributed by atoms with E-state index in [0.29, 0.717) is 11.3 Å². The molecule has 0 aromatic heterocycles. The number of likely N-dealkylation sites (tertiary alicyclic amines) is 1. The minimum Gasteiger partial charge on any atom is -0.449 e. The summed E-state index contributed by atoms with van der Waals surface area (Å²) in [5.41, 5.74) is 0.810. The predicted molar refractivity (Wildman–Crippen MR) is 95.2 cm³/mol. The number of esters is 1. The number of carbonyl (C=O) groups is 3. The molecule has 1 heterocycles. The minimum atomic E-state index is -0.847. The smallest absolute Gasteiger partial charge is 0.338 e. The van der Waals surface area contributed by atoms with Gasteiger partial charge in [-0.2, -0.15) is 0 Å². The first-order valence-electron chi connectivity index (χ1n) is 8.70. The fraction of sp³-hybridized carbons (Fsp3) is 0.526. The molecule has 1 N–H and O–H groups in total. The number of anilines is 1. The van der Waals surface area contributed by atoms with Crippen LogP contribution in [0.2, 0.25) is 0 Å². The summed E-state index contributed by atoms with van der Waals surface area (Å²) >= 11 is 0. The Morgan fingerprint density at radius 2 is 1.84 bits per heavy atom. The van der Waals surface area contributed by atoms with E-state index in [1.54, 1.807) is 25.1 Å². The van der Waals surface area contributed by atoms with Crippen LogP contribution in [-0.4, -0.2) is 40.9 Å². The Hall–Kier alpha value is -2.37. The molecule has 2 rings (SSSR count). The maximum absolute atomic E-state index is 12.7. The molecule has 25 heavy (non-hydrogen) atoms. The van der Waals surface area contributed by atoms with Gasteiger partial charge in [-0.25, -0.2) is 4.79 Å². The van der Waals surface area contributed by atoms with Crippen LogP contribution in [0.1, 0.15) is 57.3 Å². The highest BCUT2D eigenvalue weighted by Gasteiger charge is 2.33. The van der Waals surface area contributed by atoms with Gasteiger partial charge in [0.05, 0.1) is 5.56 Å². The number of ether oxygens (including phenoxy) is 1. The molecule has 0 aliphatic carbocycles. The first-order valence-corrected chi connectivity index (χ1v) is 8.70. The van der Waals surface area contributed by atoms with Crippen molar-refractivity contribution in [1.82, 2.24) is 4.90 Å². The Balaban J connectivity index is 2.04. The predicted octanol–water partition coefficient (Wildman–Crippen LogP) is 2.98.